The molecular formula is C25H25OP. The Morgan fingerprint density at radius 3 is 1.93 bits per heavy atom. The summed E-state index contributed by atoms with van der Waals surface area (Å²) in [5, 5.41) is 1.59. The Kier molecular flexibility index (Phi) is 6.76. The van der Waals surface area contributed by atoms with E-state index in [4.69, 9.17) is 0 Å². The molecule has 2 aromatic rings. The molecule has 136 valence electrons. The summed E-state index contributed by atoms with van der Waals surface area (Å²) >= 11 is 0. The number of allylic oxidation sites excluding steroid dienone is 1. The minimum atomic E-state index is -2.91. The van der Waals surface area contributed by atoms with Crippen LogP contribution in [-0.2, 0) is 4.57 Å². The fraction of sp³-hybridized carbons (Fsp3) is 0.280. The van der Waals surface area contributed by atoms with E-state index >= 15 is 0 Å². The van der Waals surface area contributed by atoms with Gasteiger partial charge >= 0.3 is 0 Å². The van der Waals surface area contributed by atoms with Crippen LogP contribution in [0.3, 0.4) is 0 Å². The molecule has 1 aliphatic carbocycles. The predicted molar refractivity (Wildman–Crippen MR) is 116 cm³/mol. The van der Waals surface area contributed by atoms with Crippen molar-refractivity contribution in [3.63, 3.8) is 0 Å². The highest BCUT2D eigenvalue weighted by Crippen LogP contribution is 2.42. The molecule has 0 bridgehead atoms. The van der Waals surface area contributed by atoms with Crippen LogP contribution in [0.4, 0.5) is 0 Å². The third-order valence-corrected chi connectivity index (χ3v) is 7.27. The molecule has 3 rings (SSSR count). The van der Waals surface area contributed by atoms with E-state index < -0.39 is 7.14 Å². The van der Waals surface area contributed by atoms with Crippen LogP contribution in [0.25, 0.3) is 0 Å². The lowest BCUT2D eigenvalue weighted by Crippen LogP contribution is -2.14. The molecule has 2 heteroatoms. The number of benzene rings is 2. The maximum absolute atomic E-state index is 13.7. The molecule has 27 heavy (non-hydrogen) atoms. The second-order valence-electron chi connectivity index (χ2n) is 6.87. The number of hydrogen-bond acceptors (Lipinski definition) is 1. The van der Waals surface area contributed by atoms with Crippen LogP contribution in [-0.4, -0.2) is 0 Å². The van der Waals surface area contributed by atoms with Gasteiger partial charge in [-0.2, -0.15) is 0 Å². The van der Waals surface area contributed by atoms with Gasteiger partial charge in [-0.15, -0.1) is 11.8 Å². The van der Waals surface area contributed by atoms with Crippen LogP contribution in [0, 0.1) is 29.3 Å². The van der Waals surface area contributed by atoms with Gasteiger partial charge in [-0.1, -0.05) is 78.7 Å². The molecule has 0 saturated heterocycles. The van der Waals surface area contributed by atoms with E-state index in [1.165, 1.54) is 12.0 Å². The first kappa shape index (κ1) is 19.3. The Bertz CT molecular complexity index is 892. The summed E-state index contributed by atoms with van der Waals surface area (Å²) in [5.74, 6) is 10.4. The van der Waals surface area contributed by atoms with E-state index in [9.17, 15) is 4.57 Å². The lowest BCUT2D eigenvalue weighted by molar-refractivity contribution is 0.593. The third kappa shape index (κ3) is 5.50. The molecule has 1 atom stereocenters. The average molecular weight is 372 g/mol. The number of unbranched alkanes of at least 4 members (excludes halogenated alkanes) is 2. The first-order valence-corrected chi connectivity index (χ1v) is 11.3. The molecule has 0 amide bonds. The van der Waals surface area contributed by atoms with Gasteiger partial charge in [-0.3, -0.25) is 4.57 Å². The summed E-state index contributed by atoms with van der Waals surface area (Å²) in [5.41, 5.74) is 4.49. The number of hydrogen-bond donors (Lipinski definition) is 0. The van der Waals surface area contributed by atoms with E-state index in [0.717, 1.165) is 48.6 Å². The zero-order valence-electron chi connectivity index (χ0n) is 15.7. The van der Waals surface area contributed by atoms with Crippen LogP contribution < -0.4 is 10.6 Å². The highest BCUT2D eigenvalue weighted by atomic mass is 31.2. The van der Waals surface area contributed by atoms with Crippen molar-refractivity contribution in [2.45, 2.75) is 38.5 Å². The molecule has 0 spiro atoms. The van der Waals surface area contributed by atoms with Crippen molar-refractivity contribution in [2.24, 2.45) is 5.92 Å². The summed E-state index contributed by atoms with van der Waals surface area (Å²) in [4.78, 5) is 0. The van der Waals surface area contributed by atoms with Gasteiger partial charge in [0.2, 0.25) is 7.14 Å². The quantitative estimate of drug-likeness (QED) is 0.284. The van der Waals surface area contributed by atoms with Crippen LogP contribution in [0.15, 0.2) is 72.8 Å². The fourth-order valence-electron chi connectivity index (χ4n) is 2.97. The van der Waals surface area contributed by atoms with E-state index in [0.29, 0.717) is 0 Å². The Hall–Kier alpha value is -2.47. The first-order chi connectivity index (χ1) is 13.2. The van der Waals surface area contributed by atoms with Crippen molar-refractivity contribution < 1.29 is 4.57 Å². The van der Waals surface area contributed by atoms with Crippen molar-refractivity contribution in [1.82, 2.24) is 0 Å². The smallest absolute Gasteiger partial charge is 0.210 e. The molecule has 1 saturated carbocycles. The standard InChI is InChI=1S/C25H25OP/c1-22-21-23(22)15-9-5-3-2-4-6-14-20-27(26,24-16-10-7-11-17-24)25-18-12-8-13-19-25/h7-8,10-13,16-19,23H,1-2,4,6,9,15,21H2. The minimum Gasteiger partial charge on any atom is -0.300 e. The van der Waals surface area contributed by atoms with Crippen LogP contribution in [0.5, 0.6) is 0 Å². The van der Waals surface area contributed by atoms with E-state index in [1.54, 1.807) is 0 Å². The van der Waals surface area contributed by atoms with Gasteiger partial charge in [-0.25, -0.2) is 0 Å². The summed E-state index contributed by atoms with van der Waals surface area (Å²) in [6, 6.07) is 19.2. The molecule has 1 unspecified atom stereocenters. The maximum Gasteiger partial charge on any atom is 0.210 e. The summed E-state index contributed by atoms with van der Waals surface area (Å²) in [6.07, 6.45) is 5.80. The van der Waals surface area contributed by atoms with Crippen LogP contribution in [0.1, 0.15) is 38.5 Å². The molecule has 0 radical (unpaired) electrons. The van der Waals surface area contributed by atoms with Crippen molar-refractivity contribution in [3.05, 3.63) is 72.8 Å². The van der Waals surface area contributed by atoms with Gasteiger partial charge in [0.05, 0.1) is 0 Å². The van der Waals surface area contributed by atoms with E-state index in [1.807, 2.05) is 60.7 Å². The molecule has 0 aromatic heterocycles. The SMILES string of the molecule is C=C1CC1CCC#CCCCC#CP(=O)(c1ccccc1)c1ccccc1. The van der Waals surface area contributed by atoms with Gasteiger partial charge < -0.3 is 0 Å². The molecule has 1 aliphatic rings. The average Bonchev–Trinajstić information content (AvgIpc) is 3.42. The molecule has 0 heterocycles. The fourth-order valence-corrected chi connectivity index (χ4v) is 5.05. The van der Waals surface area contributed by atoms with Crippen molar-refractivity contribution in [2.75, 3.05) is 0 Å². The van der Waals surface area contributed by atoms with E-state index in [2.05, 4.69) is 30.0 Å². The Labute approximate surface area is 163 Å². The topological polar surface area (TPSA) is 17.1 Å². The monoisotopic (exact) mass is 372 g/mol. The normalized spacial score (nSPS) is 15.3. The summed E-state index contributed by atoms with van der Waals surface area (Å²) in [7, 11) is -2.91. The molecule has 1 fully saturated rings. The van der Waals surface area contributed by atoms with Crippen LogP contribution in [0.2, 0.25) is 0 Å². The van der Waals surface area contributed by atoms with Gasteiger partial charge in [0, 0.05) is 29.9 Å². The Balaban J connectivity index is 1.57. The molecule has 0 N–H and O–H groups in total. The molecule has 0 aliphatic heterocycles. The van der Waals surface area contributed by atoms with Gasteiger partial charge in [0.1, 0.15) is 0 Å². The van der Waals surface area contributed by atoms with Crippen LogP contribution >= 0.6 is 7.14 Å². The van der Waals surface area contributed by atoms with Gasteiger partial charge in [0.15, 0.2) is 0 Å². The van der Waals surface area contributed by atoms with Crippen molar-refractivity contribution >= 4 is 17.8 Å². The third-order valence-electron chi connectivity index (χ3n) is 4.75. The highest BCUT2D eigenvalue weighted by Gasteiger charge is 2.25. The lowest BCUT2D eigenvalue weighted by atomic mass is 10.2. The molecule has 2 aromatic carbocycles. The largest absolute Gasteiger partial charge is 0.300 e. The van der Waals surface area contributed by atoms with Crippen molar-refractivity contribution in [3.8, 4) is 23.4 Å². The zero-order valence-corrected chi connectivity index (χ0v) is 16.6. The zero-order chi connectivity index (χ0) is 19.0. The van der Waals surface area contributed by atoms with Crippen molar-refractivity contribution in [1.29, 1.82) is 0 Å². The highest BCUT2D eigenvalue weighted by molar-refractivity contribution is 7.83. The Morgan fingerprint density at radius 2 is 1.37 bits per heavy atom. The summed E-state index contributed by atoms with van der Waals surface area (Å²) < 4.78 is 13.7. The lowest BCUT2D eigenvalue weighted by Gasteiger charge is -2.12. The number of rotatable bonds is 6. The van der Waals surface area contributed by atoms with E-state index in [-0.39, 0.29) is 0 Å². The second-order valence-corrected chi connectivity index (χ2v) is 9.35. The van der Waals surface area contributed by atoms with Gasteiger partial charge in [-0.05, 0) is 30.8 Å². The van der Waals surface area contributed by atoms with Gasteiger partial charge in [0.25, 0.3) is 0 Å². The summed E-state index contributed by atoms with van der Waals surface area (Å²) in [6.45, 7) is 3.97. The second kappa shape index (κ2) is 9.46. The Morgan fingerprint density at radius 1 is 0.852 bits per heavy atom. The minimum absolute atomic E-state index is 0.720. The maximum atomic E-state index is 13.7. The molecular weight excluding hydrogens is 347 g/mol. The first-order valence-electron chi connectivity index (χ1n) is 9.55. The molecule has 1 nitrogen and oxygen atoms in total. The predicted octanol–water partition coefficient (Wildman–Crippen LogP) is 5.49.